The molecule has 0 aliphatic rings. The first kappa shape index (κ1) is 19.1. The molecule has 0 aromatic heterocycles. The Morgan fingerprint density at radius 2 is 1.26 bits per heavy atom. The zero-order valence-corrected chi connectivity index (χ0v) is 15.2. The van der Waals surface area contributed by atoms with Gasteiger partial charge in [-0.3, -0.25) is 0 Å². The molecule has 4 heteroatoms. The van der Waals surface area contributed by atoms with E-state index in [1.165, 1.54) is 0 Å². The Labute approximate surface area is 160 Å². The summed E-state index contributed by atoms with van der Waals surface area (Å²) in [5.41, 5.74) is 0.431. The quantitative estimate of drug-likeness (QED) is 0.547. The van der Waals surface area contributed by atoms with E-state index in [9.17, 15) is 10.2 Å². The van der Waals surface area contributed by atoms with Gasteiger partial charge >= 0.3 is 0 Å². The van der Waals surface area contributed by atoms with Crippen molar-refractivity contribution in [3.8, 4) is 5.75 Å². The number of rotatable bonds is 9. The maximum atomic E-state index is 11.4. The number of para-hydroxylation sites is 1. The van der Waals surface area contributed by atoms with E-state index in [-0.39, 0.29) is 13.2 Å². The molecule has 0 fully saturated rings. The summed E-state index contributed by atoms with van der Waals surface area (Å²) in [5.74, 6) is 0.724. The second-order valence-corrected chi connectivity index (χ2v) is 6.50. The maximum Gasteiger partial charge on any atom is 0.127 e. The van der Waals surface area contributed by atoms with Crippen LogP contribution in [0.25, 0.3) is 0 Å². The number of benzene rings is 3. The third kappa shape index (κ3) is 5.17. The first-order valence-electron chi connectivity index (χ1n) is 9.08. The molecule has 27 heavy (non-hydrogen) atoms. The van der Waals surface area contributed by atoms with Gasteiger partial charge in [-0.05, 0) is 23.3 Å². The predicted octanol–water partition coefficient (Wildman–Crippen LogP) is 2.95. The molecule has 0 aliphatic carbocycles. The Bertz CT molecular complexity index is 754. The highest BCUT2D eigenvalue weighted by Gasteiger charge is 2.31. The van der Waals surface area contributed by atoms with Gasteiger partial charge in [-0.2, -0.15) is 0 Å². The SMILES string of the molecule is O[C@@H](CNCC(O)(c1ccccc1)c1ccccc1)COc1ccccc1. The second kappa shape index (κ2) is 9.33. The molecule has 3 aromatic rings. The molecule has 4 nitrogen and oxygen atoms in total. The minimum atomic E-state index is -1.18. The van der Waals surface area contributed by atoms with E-state index in [1.807, 2.05) is 91.0 Å². The van der Waals surface area contributed by atoms with Gasteiger partial charge in [0.25, 0.3) is 0 Å². The number of nitrogens with one attached hydrogen (secondary N) is 1. The topological polar surface area (TPSA) is 61.7 Å². The van der Waals surface area contributed by atoms with Crippen LogP contribution in [0.1, 0.15) is 11.1 Å². The van der Waals surface area contributed by atoms with Crippen molar-refractivity contribution < 1.29 is 14.9 Å². The fourth-order valence-corrected chi connectivity index (χ4v) is 2.99. The summed E-state index contributed by atoms with van der Waals surface area (Å²) in [7, 11) is 0. The van der Waals surface area contributed by atoms with E-state index in [4.69, 9.17) is 4.74 Å². The normalized spacial score (nSPS) is 12.5. The molecule has 0 heterocycles. The average molecular weight is 363 g/mol. The van der Waals surface area contributed by atoms with Gasteiger partial charge in [0, 0.05) is 13.1 Å². The van der Waals surface area contributed by atoms with Crippen molar-refractivity contribution in [1.29, 1.82) is 0 Å². The van der Waals surface area contributed by atoms with Gasteiger partial charge in [0.05, 0.1) is 0 Å². The third-order valence-electron chi connectivity index (χ3n) is 4.45. The summed E-state index contributed by atoms with van der Waals surface area (Å²) < 4.78 is 5.57. The molecule has 0 radical (unpaired) electrons. The monoisotopic (exact) mass is 363 g/mol. The van der Waals surface area contributed by atoms with Crippen molar-refractivity contribution in [1.82, 2.24) is 5.32 Å². The van der Waals surface area contributed by atoms with Crippen molar-refractivity contribution >= 4 is 0 Å². The van der Waals surface area contributed by atoms with Crippen LogP contribution < -0.4 is 10.1 Å². The predicted molar refractivity (Wildman–Crippen MR) is 107 cm³/mol. The first-order chi connectivity index (χ1) is 13.2. The standard InChI is InChI=1S/C23H25NO3/c25-21(17-27-22-14-8-3-9-15-22)16-24-18-23(26,19-10-4-1-5-11-19)20-12-6-2-7-13-20/h1-15,21,24-26H,16-18H2/t21-/m0/s1. The van der Waals surface area contributed by atoms with E-state index in [0.29, 0.717) is 6.54 Å². The summed E-state index contributed by atoms with van der Waals surface area (Å²) in [6.07, 6.45) is -0.680. The fraction of sp³-hybridized carbons (Fsp3) is 0.217. The molecule has 3 rings (SSSR count). The first-order valence-corrected chi connectivity index (χ1v) is 9.08. The minimum absolute atomic E-state index is 0.187. The average Bonchev–Trinajstić information content (AvgIpc) is 2.74. The number of hydrogen-bond acceptors (Lipinski definition) is 4. The zero-order chi connectivity index (χ0) is 19.0. The number of aliphatic hydroxyl groups is 2. The zero-order valence-electron chi connectivity index (χ0n) is 15.2. The molecule has 0 spiro atoms. The van der Waals surface area contributed by atoms with Gasteiger partial charge in [0.15, 0.2) is 0 Å². The summed E-state index contributed by atoms with van der Waals surface area (Å²) in [5, 5.41) is 24.8. The van der Waals surface area contributed by atoms with Crippen molar-refractivity contribution in [3.63, 3.8) is 0 Å². The minimum Gasteiger partial charge on any atom is -0.491 e. The Hall–Kier alpha value is -2.66. The molecule has 0 amide bonds. The van der Waals surface area contributed by atoms with Gasteiger partial charge in [-0.25, -0.2) is 0 Å². The van der Waals surface area contributed by atoms with Crippen molar-refractivity contribution in [2.45, 2.75) is 11.7 Å². The summed E-state index contributed by atoms with van der Waals surface area (Å²) in [6, 6.07) is 28.5. The molecule has 3 N–H and O–H groups in total. The Morgan fingerprint density at radius 1 is 0.778 bits per heavy atom. The number of aliphatic hydroxyl groups excluding tert-OH is 1. The molecule has 3 aromatic carbocycles. The summed E-state index contributed by atoms with van der Waals surface area (Å²) in [6.45, 7) is 0.782. The van der Waals surface area contributed by atoms with Crippen LogP contribution in [0.15, 0.2) is 91.0 Å². The molecule has 140 valence electrons. The molecule has 1 atom stereocenters. The third-order valence-corrected chi connectivity index (χ3v) is 4.45. The van der Waals surface area contributed by atoms with E-state index in [1.54, 1.807) is 0 Å². The molecular weight excluding hydrogens is 338 g/mol. The lowest BCUT2D eigenvalue weighted by molar-refractivity contribution is 0.0663. The number of hydrogen-bond donors (Lipinski definition) is 3. The number of ether oxygens (including phenoxy) is 1. The molecule has 0 saturated carbocycles. The molecular formula is C23H25NO3. The Morgan fingerprint density at radius 3 is 1.78 bits per heavy atom. The molecule has 0 aliphatic heterocycles. The summed E-state index contributed by atoms with van der Waals surface area (Å²) >= 11 is 0. The van der Waals surface area contributed by atoms with Crippen molar-refractivity contribution in [2.75, 3.05) is 19.7 Å². The Kier molecular flexibility index (Phi) is 6.60. The Balaban J connectivity index is 1.60. The van der Waals surface area contributed by atoms with Gasteiger partial charge in [0.1, 0.15) is 24.1 Å². The van der Waals surface area contributed by atoms with E-state index in [0.717, 1.165) is 16.9 Å². The summed E-state index contributed by atoms with van der Waals surface area (Å²) in [4.78, 5) is 0. The van der Waals surface area contributed by atoms with Crippen molar-refractivity contribution in [3.05, 3.63) is 102 Å². The highest BCUT2D eigenvalue weighted by Crippen LogP contribution is 2.28. The van der Waals surface area contributed by atoms with Gasteiger partial charge in [-0.15, -0.1) is 0 Å². The van der Waals surface area contributed by atoms with Gasteiger partial charge in [-0.1, -0.05) is 78.9 Å². The molecule has 0 bridgehead atoms. The van der Waals surface area contributed by atoms with Crippen LogP contribution in [0, 0.1) is 0 Å². The van der Waals surface area contributed by atoms with Gasteiger partial charge < -0.3 is 20.3 Å². The van der Waals surface area contributed by atoms with Crippen LogP contribution in [0.4, 0.5) is 0 Å². The van der Waals surface area contributed by atoms with Crippen LogP contribution in [0.2, 0.25) is 0 Å². The highest BCUT2D eigenvalue weighted by molar-refractivity contribution is 5.36. The van der Waals surface area contributed by atoms with Crippen LogP contribution >= 0.6 is 0 Å². The molecule has 0 saturated heterocycles. The largest absolute Gasteiger partial charge is 0.491 e. The van der Waals surface area contributed by atoms with Gasteiger partial charge in [0.2, 0.25) is 0 Å². The van der Waals surface area contributed by atoms with Crippen LogP contribution in [0.3, 0.4) is 0 Å². The fourth-order valence-electron chi connectivity index (χ4n) is 2.99. The van der Waals surface area contributed by atoms with E-state index >= 15 is 0 Å². The maximum absolute atomic E-state index is 11.4. The van der Waals surface area contributed by atoms with E-state index in [2.05, 4.69) is 5.32 Å². The smallest absolute Gasteiger partial charge is 0.127 e. The van der Waals surface area contributed by atoms with Crippen LogP contribution in [0.5, 0.6) is 5.75 Å². The highest BCUT2D eigenvalue weighted by atomic mass is 16.5. The van der Waals surface area contributed by atoms with Crippen LogP contribution in [-0.4, -0.2) is 36.0 Å². The molecule has 0 unspecified atom stereocenters. The lowest BCUT2D eigenvalue weighted by Crippen LogP contribution is -2.42. The van der Waals surface area contributed by atoms with Crippen LogP contribution in [-0.2, 0) is 5.60 Å². The second-order valence-electron chi connectivity index (χ2n) is 6.50. The van der Waals surface area contributed by atoms with E-state index < -0.39 is 11.7 Å². The lowest BCUT2D eigenvalue weighted by Gasteiger charge is -2.30. The lowest BCUT2D eigenvalue weighted by atomic mass is 9.86. The van der Waals surface area contributed by atoms with Crippen molar-refractivity contribution in [2.24, 2.45) is 0 Å².